The van der Waals surface area contributed by atoms with Gasteiger partial charge in [0.05, 0.1) is 18.0 Å². The van der Waals surface area contributed by atoms with Gasteiger partial charge < -0.3 is 15.2 Å². The Morgan fingerprint density at radius 3 is 3.00 bits per heavy atom. The number of thiazole rings is 1. The van der Waals surface area contributed by atoms with Gasteiger partial charge >= 0.3 is 0 Å². The van der Waals surface area contributed by atoms with Crippen LogP contribution in [0.1, 0.15) is 23.5 Å². The zero-order chi connectivity index (χ0) is 13.8. The third kappa shape index (κ3) is 3.14. The van der Waals surface area contributed by atoms with Crippen LogP contribution in [0.2, 0.25) is 0 Å². The van der Waals surface area contributed by atoms with Crippen molar-refractivity contribution in [3.63, 3.8) is 0 Å². The molecule has 0 radical (unpaired) electrons. The first-order valence-corrected chi connectivity index (χ1v) is 7.30. The van der Waals surface area contributed by atoms with Gasteiger partial charge in [-0.1, -0.05) is 0 Å². The molecule has 0 aliphatic rings. The Hall–Kier alpha value is -0.950. The van der Waals surface area contributed by atoms with E-state index in [4.69, 9.17) is 9.84 Å². The van der Waals surface area contributed by atoms with E-state index in [1.165, 1.54) is 11.4 Å². The fourth-order valence-corrected chi connectivity index (χ4v) is 3.15. The maximum Gasteiger partial charge on any atom is 0.194 e. The first-order chi connectivity index (χ1) is 9.17. The fraction of sp³-hybridized carbons (Fsp3) is 0.615. The monoisotopic (exact) mass is 283 g/mol. The molecule has 0 aromatic carbocycles. The second-order valence-electron chi connectivity index (χ2n) is 4.68. The predicted molar refractivity (Wildman–Crippen MR) is 76.7 cm³/mol. The number of nitrogens with zero attached hydrogens (tertiary/aromatic N) is 2. The summed E-state index contributed by atoms with van der Waals surface area (Å²) in [6, 6.07) is 0.166. The number of hydrogen-bond donors (Lipinski definition) is 2. The highest BCUT2D eigenvalue weighted by Gasteiger charge is 2.14. The van der Waals surface area contributed by atoms with Crippen LogP contribution in [0.15, 0.2) is 5.38 Å². The Kier molecular flexibility index (Phi) is 4.93. The molecule has 0 saturated carbocycles. The van der Waals surface area contributed by atoms with E-state index in [2.05, 4.69) is 27.0 Å². The molecule has 0 amide bonds. The van der Waals surface area contributed by atoms with Crippen LogP contribution in [0.4, 0.5) is 0 Å². The minimum atomic E-state index is 0.166. The smallest absolute Gasteiger partial charge is 0.194 e. The molecular weight excluding hydrogens is 262 g/mol. The number of methoxy groups -OCH3 is 1. The minimum Gasteiger partial charge on any atom is -0.396 e. The summed E-state index contributed by atoms with van der Waals surface area (Å²) in [4.78, 5) is 5.60. The van der Waals surface area contributed by atoms with Crippen molar-refractivity contribution in [2.45, 2.75) is 32.9 Å². The summed E-state index contributed by atoms with van der Waals surface area (Å²) in [6.45, 7) is 5.63. The molecule has 0 aliphatic heterocycles. The lowest BCUT2D eigenvalue weighted by atomic mass is 10.2. The lowest BCUT2D eigenvalue weighted by Crippen LogP contribution is -2.34. The van der Waals surface area contributed by atoms with Crippen LogP contribution in [-0.4, -0.2) is 40.9 Å². The highest BCUT2D eigenvalue weighted by atomic mass is 32.1. The van der Waals surface area contributed by atoms with E-state index in [0.29, 0.717) is 13.0 Å². The van der Waals surface area contributed by atoms with E-state index in [-0.39, 0.29) is 12.6 Å². The third-order valence-electron chi connectivity index (χ3n) is 3.23. The van der Waals surface area contributed by atoms with Crippen LogP contribution in [0, 0.1) is 13.8 Å². The van der Waals surface area contributed by atoms with Gasteiger partial charge in [0.1, 0.15) is 0 Å². The lowest BCUT2D eigenvalue weighted by molar-refractivity contribution is 0.147. The number of aliphatic hydroxyl groups excluding tert-OH is 1. The number of aliphatic hydroxyl groups is 1. The average Bonchev–Trinajstić information content (AvgIpc) is 2.87. The van der Waals surface area contributed by atoms with Gasteiger partial charge in [-0.25, -0.2) is 4.98 Å². The number of rotatable bonds is 7. The van der Waals surface area contributed by atoms with Gasteiger partial charge in [-0.15, -0.1) is 11.3 Å². The Balaban J connectivity index is 2.11. The fourth-order valence-electron chi connectivity index (χ4n) is 2.22. The van der Waals surface area contributed by atoms with Crippen LogP contribution >= 0.6 is 11.3 Å². The first-order valence-electron chi connectivity index (χ1n) is 6.42. The van der Waals surface area contributed by atoms with Gasteiger partial charge in [-0.2, -0.15) is 0 Å². The van der Waals surface area contributed by atoms with Gasteiger partial charge in [0, 0.05) is 37.4 Å². The lowest BCUT2D eigenvalue weighted by Gasteiger charge is -2.17. The van der Waals surface area contributed by atoms with Crippen molar-refractivity contribution >= 4 is 16.3 Å². The Bertz CT molecular complexity index is 529. The molecule has 2 aromatic heterocycles. The number of hydrogen-bond acceptors (Lipinski definition) is 5. The number of ether oxygens (including phenoxy) is 1. The van der Waals surface area contributed by atoms with Gasteiger partial charge in [0.15, 0.2) is 4.96 Å². The highest BCUT2D eigenvalue weighted by molar-refractivity contribution is 7.15. The summed E-state index contributed by atoms with van der Waals surface area (Å²) in [5.74, 6) is 0. The van der Waals surface area contributed by atoms with Crippen molar-refractivity contribution in [3.8, 4) is 0 Å². The molecule has 0 aliphatic carbocycles. The van der Waals surface area contributed by atoms with E-state index < -0.39 is 0 Å². The molecule has 2 heterocycles. The van der Waals surface area contributed by atoms with Gasteiger partial charge in [0.2, 0.25) is 0 Å². The van der Waals surface area contributed by atoms with E-state index in [1.54, 1.807) is 18.4 Å². The van der Waals surface area contributed by atoms with Gasteiger partial charge in [-0.05, 0) is 20.3 Å². The van der Waals surface area contributed by atoms with Gasteiger partial charge in [0.25, 0.3) is 0 Å². The summed E-state index contributed by atoms with van der Waals surface area (Å²) in [5, 5.41) is 14.6. The zero-order valence-electron chi connectivity index (χ0n) is 11.6. The Morgan fingerprint density at radius 1 is 1.53 bits per heavy atom. The summed E-state index contributed by atoms with van der Waals surface area (Å²) >= 11 is 1.66. The molecular formula is C13H21N3O2S. The molecule has 19 heavy (non-hydrogen) atoms. The average molecular weight is 283 g/mol. The first kappa shape index (κ1) is 14.5. The number of fused-ring (bicyclic) bond motifs is 1. The molecule has 2 N–H and O–H groups in total. The van der Waals surface area contributed by atoms with Crippen LogP contribution in [0.25, 0.3) is 4.96 Å². The molecule has 106 valence electrons. The molecule has 0 spiro atoms. The molecule has 6 heteroatoms. The second kappa shape index (κ2) is 6.47. The summed E-state index contributed by atoms with van der Waals surface area (Å²) in [6.07, 6.45) is 0.692. The molecule has 0 saturated heterocycles. The molecule has 0 bridgehead atoms. The van der Waals surface area contributed by atoms with E-state index in [0.717, 1.165) is 17.2 Å². The van der Waals surface area contributed by atoms with E-state index >= 15 is 0 Å². The van der Waals surface area contributed by atoms with Crippen molar-refractivity contribution in [1.29, 1.82) is 0 Å². The molecule has 2 aromatic rings. The number of aromatic nitrogens is 2. The normalized spacial score (nSPS) is 13.3. The van der Waals surface area contributed by atoms with Crippen molar-refractivity contribution in [2.75, 3.05) is 20.3 Å². The number of nitrogens with one attached hydrogen (secondary N) is 1. The van der Waals surface area contributed by atoms with Crippen molar-refractivity contribution in [3.05, 3.63) is 22.5 Å². The topological polar surface area (TPSA) is 58.8 Å². The van der Waals surface area contributed by atoms with Crippen LogP contribution < -0.4 is 5.32 Å². The summed E-state index contributed by atoms with van der Waals surface area (Å²) in [7, 11) is 1.68. The van der Waals surface area contributed by atoms with Crippen molar-refractivity contribution in [1.82, 2.24) is 14.7 Å². The van der Waals surface area contributed by atoms with Crippen molar-refractivity contribution in [2.24, 2.45) is 0 Å². The van der Waals surface area contributed by atoms with E-state index in [9.17, 15) is 0 Å². The zero-order valence-corrected chi connectivity index (χ0v) is 12.5. The Labute approximate surface area is 117 Å². The second-order valence-corrected chi connectivity index (χ2v) is 5.52. The minimum absolute atomic E-state index is 0.166. The molecule has 2 rings (SSSR count). The van der Waals surface area contributed by atoms with Crippen LogP contribution in [-0.2, 0) is 11.3 Å². The predicted octanol–water partition coefficient (Wildman–Crippen LogP) is 1.50. The SMILES string of the molecule is COCC(CCO)NCc1c(C)nc2scc(C)n12. The number of aryl methyl sites for hydroxylation is 2. The maximum absolute atomic E-state index is 9.05. The quantitative estimate of drug-likeness (QED) is 0.808. The molecule has 5 nitrogen and oxygen atoms in total. The Morgan fingerprint density at radius 2 is 2.32 bits per heavy atom. The highest BCUT2D eigenvalue weighted by Crippen LogP contribution is 2.20. The molecule has 1 atom stereocenters. The van der Waals surface area contributed by atoms with Crippen LogP contribution in [0.5, 0.6) is 0 Å². The summed E-state index contributed by atoms with van der Waals surface area (Å²) in [5.41, 5.74) is 3.46. The number of imidazole rings is 1. The van der Waals surface area contributed by atoms with Crippen molar-refractivity contribution < 1.29 is 9.84 Å². The van der Waals surface area contributed by atoms with Gasteiger partial charge in [-0.3, -0.25) is 4.40 Å². The largest absolute Gasteiger partial charge is 0.396 e. The van der Waals surface area contributed by atoms with E-state index in [1.807, 2.05) is 6.92 Å². The maximum atomic E-state index is 9.05. The van der Waals surface area contributed by atoms with Crippen LogP contribution in [0.3, 0.4) is 0 Å². The third-order valence-corrected chi connectivity index (χ3v) is 4.18. The standard InChI is InChI=1S/C13H21N3O2S/c1-9-8-19-13-15-10(2)12(16(9)13)6-14-11(4-5-17)7-18-3/h8,11,14,17H,4-7H2,1-3H3. The summed E-state index contributed by atoms with van der Waals surface area (Å²) < 4.78 is 7.35. The molecule has 0 fully saturated rings. The molecule has 1 unspecified atom stereocenters.